The van der Waals surface area contributed by atoms with E-state index in [1.807, 2.05) is 13.8 Å². The van der Waals surface area contributed by atoms with Crippen molar-refractivity contribution < 1.29 is 37.4 Å². The first-order valence-electron chi connectivity index (χ1n) is 12.9. The van der Waals surface area contributed by atoms with Crippen LogP contribution >= 0.6 is 11.8 Å². The molecule has 0 spiro atoms. The standard InChI is InChI=1S/C28H32F3NO5S/c1-14-8-15-16-9-18(30)17-10-20(33)21(37-24(35)19-6-5-7-32(19)4)11-27(17,3)28(16,31)22(34)12-26(15,2)23(14)25(36)38-13-29/h5-7,10-11,14-16,18,22-23,34H,8-9,12-13H2,1-4H3/t14-,15+,16-,18+,22+,23+,26+,27+,28+/m1/s1. The Bertz CT molecular complexity index is 1260. The molecule has 1 aromatic rings. The molecule has 0 saturated heterocycles. The summed E-state index contributed by atoms with van der Waals surface area (Å²) >= 11 is 0.579. The summed E-state index contributed by atoms with van der Waals surface area (Å²) < 4.78 is 53.3. The van der Waals surface area contributed by atoms with Crippen molar-refractivity contribution in [1.82, 2.24) is 4.57 Å². The maximum Gasteiger partial charge on any atom is 0.360 e. The maximum absolute atomic E-state index is 17.6. The highest BCUT2D eigenvalue weighted by atomic mass is 32.2. The fraction of sp³-hybridized carbons (Fsp3) is 0.607. The van der Waals surface area contributed by atoms with E-state index in [1.165, 1.54) is 17.6 Å². The molecule has 4 aliphatic carbocycles. The third-order valence-electron chi connectivity index (χ3n) is 9.85. The SMILES string of the molecule is C[C@@H]1C[C@H]2[C@H]3C[C@H](F)C4=CC(=O)C(OC(=O)c5cccn5C)=C[C@]4(C)[C@@]3(F)[C@@H](O)C[C@]2(C)[C@@H]1C(=O)SCF. The first-order chi connectivity index (χ1) is 17.8. The molecule has 0 unspecified atom stereocenters. The maximum atomic E-state index is 17.6. The number of ether oxygens (including phenoxy) is 1. The van der Waals surface area contributed by atoms with Gasteiger partial charge in [0.1, 0.15) is 17.9 Å². The monoisotopic (exact) mass is 551 g/mol. The summed E-state index contributed by atoms with van der Waals surface area (Å²) in [6.45, 7) is 5.12. The predicted octanol–water partition coefficient (Wildman–Crippen LogP) is 4.88. The number of thioether (sulfide) groups is 1. The fourth-order valence-electron chi connectivity index (χ4n) is 8.19. The van der Waals surface area contributed by atoms with Gasteiger partial charge in [-0.2, -0.15) is 0 Å². The molecule has 9 atom stereocenters. The lowest BCUT2D eigenvalue weighted by atomic mass is 9.45. The number of aryl methyl sites for hydroxylation is 1. The van der Waals surface area contributed by atoms with Crippen molar-refractivity contribution in [1.29, 1.82) is 0 Å². The molecule has 4 aliphatic rings. The number of aliphatic hydroxyl groups excluding tert-OH is 1. The van der Waals surface area contributed by atoms with E-state index in [-0.39, 0.29) is 35.1 Å². The van der Waals surface area contributed by atoms with Crippen molar-refractivity contribution in [3.8, 4) is 0 Å². The molecule has 1 N–H and O–H groups in total. The number of carbonyl (C=O) groups is 3. The molecule has 10 heteroatoms. The van der Waals surface area contributed by atoms with Gasteiger partial charge < -0.3 is 14.4 Å². The number of carbonyl (C=O) groups excluding carboxylic acids is 3. The van der Waals surface area contributed by atoms with E-state index in [0.717, 1.165) is 12.2 Å². The number of rotatable bonds is 4. The highest BCUT2D eigenvalue weighted by Gasteiger charge is 2.73. The third-order valence-corrected chi connectivity index (χ3v) is 10.5. The van der Waals surface area contributed by atoms with Gasteiger partial charge in [-0.3, -0.25) is 9.59 Å². The van der Waals surface area contributed by atoms with Crippen LogP contribution in [-0.4, -0.2) is 50.5 Å². The molecule has 6 nitrogen and oxygen atoms in total. The Labute approximate surface area is 223 Å². The van der Waals surface area contributed by atoms with Gasteiger partial charge in [-0.05, 0) is 73.3 Å². The fourth-order valence-corrected chi connectivity index (χ4v) is 8.98. The van der Waals surface area contributed by atoms with Crippen molar-refractivity contribution in [2.45, 2.75) is 58.0 Å². The minimum atomic E-state index is -2.39. The second-order valence-electron chi connectivity index (χ2n) is 11.7. The Balaban J connectivity index is 1.56. The van der Waals surface area contributed by atoms with Gasteiger partial charge in [-0.1, -0.05) is 25.6 Å². The number of halogens is 3. The molecule has 5 rings (SSSR count). The van der Waals surface area contributed by atoms with Crippen LogP contribution in [0.25, 0.3) is 0 Å². The average molecular weight is 552 g/mol. The number of hydrogen-bond acceptors (Lipinski definition) is 6. The quantitative estimate of drug-likeness (QED) is 0.537. The summed E-state index contributed by atoms with van der Waals surface area (Å²) in [5.74, 6) is -4.19. The summed E-state index contributed by atoms with van der Waals surface area (Å²) in [5, 5.41) is 11.1. The number of hydrogen-bond donors (Lipinski definition) is 1. The molecule has 0 amide bonds. The third kappa shape index (κ3) is 3.62. The number of ketones is 1. The molecular formula is C28H32F3NO5S. The Hall–Kier alpha value is -2.33. The number of esters is 1. The molecule has 0 bridgehead atoms. The lowest BCUT2D eigenvalue weighted by molar-refractivity contribution is -0.201. The van der Waals surface area contributed by atoms with Crippen LogP contribution in [0, 0.1) is 34.5 Å². The molecular weight excluding hydrogens is 519 g/mol. The van der Waals surface area contributed by atoms with Gasteiger partial charge in [-0.25, -0.2) is 18.0 Å². The van der Waals surface area contributed by atoms with Crippen LogP contribution in [-0.2, 0) is 21.4 Å². The van der Waals surface area contributed by atoms with Gasteiger partial charge in [0.25, 0.3) is 0 Å². The summed E-state index contributed by atoms with van der Waals surface area (Å²) in [5.41, 5.74) is -4.92. The van der Waals surface area contributed by atoms with Gasteiger partial charge in [0, 0.05) is 25.1 Å². The second-order valence-corrected chi connectivity index (χ2v) is 12.7. The number of aliphatic hydroxyl groups is 1. The molecule has 0 aromatic carbocycles. The van der Waals surface area contributed by atoms with Crippen LogP contribution in [0.2, 0.25) is 0 Å². The molecule has 1 aromatic heterocycles. The zero-order valence-corrected chi connectivity index (χ0v) is 22.6. The number of allylic oxidation sites excluding steroid dienone is 3. The zero-order valence-electron chi connectivity index (χ0n) is 21.7. The van der Waals surface area contributed by atoms with Crippen molar-refractivity contribution in [2.75, 3.05) is 6.01 Å². The minimum absolute atomic E-state index is 0.0711. The molecule has 3 fully saturated rings. The lowest BCUT2D eigenvalue weighted by Crippen LogP contribution is -2.68. The van der Waals surface area contributed by atoms with Crippen molar-refractivity contribution >= 4 is 28.6 Å². The number of nitrogens with zero attached hydrogens (tertiary/aromatic N) is 1. The molecule has 3 saturated carbocycles. The van der Waals surface area contributed by atoms with E-state index < -0.39 is 70.0 Å². The van der Waals surface area contributed by atoms with E-state index in [1.54, 1.807) is 19.3 Å². The van der Waals surface area contributed by atoms with E-state index in [4.69, 9.17) is 4.74 Å². The van der Waals surface area contributed by atoms with E-state index in [2.05, 4.69) is 0 Å². The van der Waals surface area contributed by atoms with Crippen LogP contribution < -0.4 is 0 Å². The Kier molecular flexibility index (Phi) is 6.53. The Morgan fingerprint density at radius 1 is 1.26 bits per heavy atom. The largest absolute Gasteiger partial charge is 0.418 e. The number of fused-ring (bicyclic) bond motifs is 5. The second kappa shape index (κ2) is 9.11. The van der Waals surface area contributed by atoms with Crippen LogP contribution in [0.5, 0.6) is 0 Å². The van der Waals surface area contributed by atoms with Crippen LogP contribution in [0.15, 0.2) is 41.8 Å². The van der Waals surface area contributed by atoms with E-state index >= 15 is 8.78 Å². The smallest absolute Gasteiger partial charge is 0.360 e. The first kappa shape index (κ1) is 27.2. The molecule has 1 heterocycles. The summed E-state index contributed by atoms with van der Waals surface area (Å²) in [6, 6.07) is 2.27. The first-order valence-corrected chi connectivity index (χ1v) is 13.8. The van der Waals surface area contributed by atoms with Gasteiger partial charge in [0.15, 0.2) is 16.5 Å². The summed E-state index contributed by atoms with van der Waals surface area (Å²) in [7, 11) is 1.63. The van der Waals surface area contributed by atoms with E-state index in [0.29, 0.717) is 18.2 Å². The van der Waals surface area contributed by atoms with Gasteiger partial charge in [0.05, 0.1) is 11.5 Å². The lowest BCUT2D eigenvalue weighted by Gasteiger charge is -2.62. The highest BCUT2D eigenvalue weighted by Crippen LogP contribution is 2.70. The molecule has 206 valence electrons. The predicted molar refractivity (Wildman–Crippen MR) is 135 cm³/mol. The van der Waals surface area contributed by atoms with Crippen molar-refractivity contribution in [2.24, 2.45) is 41.5 Å². The van der Waals surface area contributed by atoms with Gasteiger partial charge >= 0.3 is 5.97 Å². The molecule has 38 heavy (non-hydrogen) atoms. The number of aromatic nitrogens is 1. The summed E-state index contributed by atoms with van der Waals surface area (Å²) in [4.78, 5) is 38.5. The highest BCUT2D eigenvalue weighted by molar-refractivity contribution is 8.13. The zero-order chi connectivity index (χ0) is 27.8. The van der Waals surface area contributed by atoms with Gasteiger partial charge in [-0.15, -0.1) is 0 Å². The minimum Gasteiger partial charge on any atom is -0.418 e. The molecule has 0 radical (unpaired) electrons. The number of alkyl halides is 3. The topological polar surface area (TPSA) is 85.6 Å². The van der Waals surface area contributed by atoms with Gasteiger partial charge in [0.2, 0.25) is 5.78 Å². The Morgan fingerprint density at radius 2 is 1.97 bits per heavy atom. The van der Waals surface area contributed by atoms with E-state index in [9.17, 15) is 23.9 Å². The van der Waals surface area contributed by atoms with Crippen LogP contribution in [0.3, 0.4) is 0 Å². The van der Waals surface area contributed by atoms with Crippen molar-refractivity contribution in [3.63, 3.8) is 0 Å². The normalized spacial score (nSPS) is 41.9. The van der Waals surface area contributed by atoms with Crippen LogP contribution in [0.1, 0.15) is 50.5 Å². The van der Waals surface area contributed by atoms with Crippen LogP contribution in [0.4, 0.5) is 13.2 Å². The Morgan fingerprint density at radius 3 is 2.61 bits per heavy atom. The summed E-state index contributed by atoms with van der Waals surface area (Å²) in [6.07, 6.45) is 0.637. The van der Waals surface area contributed by atoms with Crippen molar-refractivity contribution in [3.05, 3.63) is 47.5 Å². The average Bonchev–Trinajstić information content (AvgIpc) is 3.37. The molecule has 0 aliphatic heterocycles.